The molecule has 0 atom stereocenters. The maximum Gasteiger partial charge on any atom is 0.224 e. The Morgan fingerprint density at radius 2 is 2.05 bits per heavy atom. The van der Waals surface area contributed by atoms with Gasteiger partial charge in [-0.3, -0.25) is 4.79 Å². The first-order valence-corrected chi connectivity index (χ1v) is 8.29. The predicted octanol–water partition coefficient (Wildman–Crippen LogP) is 1.34. The lowest BCUT2D eigenvalue weighted by atomic mass is 10.2. The molecular weight excluding hydrogens is 292 g/mol. The van der Waals surface area contributed by atoms with Crippen LogP contribution in [0.15, 0.2) is 24.3 Å². The molecule has 21 heavy (non-hydrogen) atoms. The number of hydrogen-bond acceptors (Lipinski definition) is 5. The number of carbonyl (C=O) groups excluding carboxylic acids is 1. The molecule has 0 unspecified atom stereocenters. The van der Waals surface area contributed by atoms with E-state index in [1.54, 1.807) is 24.3 Å². The average molecular weight is 310 g/mol. The van der Waals surface area contributed by atoms with E-state index >= 15 is 0 Å². The predicted molar refractivity (Wildman–Crippen MR) is 79.6 cm³/mol. The van der Waals surface area contributed by atoms with E-state index < -0.39 is 9.84 Å². The zero-order valence-electron chi connectivity index (χ0n) is 11.8. The van der Waals surface area contributed by atoms with Crippen LogP contribution in [-0.2, 0) is 19.4 Å². The van der Waals surface area contributed by atoms with Gasteiger partial charge < -0.3 is 10.1 Å². The van der Waals surface area contributed by atoms with E-state index in [1.165, 1.54) is 7.11 Å². The number of para-hydroxylation sites is 1. The van der Waals surface area contributed by atoms with E-state index in [9.17, 15) is 13.2 Å². The molecule has 0 radical (unpaired) electrons. The molecule has 0 aliphatic heterocycles. The second-order valence-electron chi connectivity index (χ2n) is 4.45. The molecule has 1 N–H and O–H groups in total. The summed E-state index contributed by atoms with van der Waals surface area (Å²) in [6.07, 6.45) is 0.332. The minimum Gasteiger partial charge on any atom is -0.384 e. The van der Waals surface area contributed by atoms with Crippen LogP contribution in [0.2, 0.25) is 0 Å². The van der Waals surface area contributed by atoms with Crippen molar-refractivity contribution in [1.29, 1.82) is 5.26 Å². The molecule has 6 nitrogen and oxygen atoms in total. The highest BCUT2D eigenvalue weighted by molar-refractivity contribution is 7.91. The van der Waals surface area contributed by atoms with Crippen LogP contribution >= 0.6 is 0 Å². The molecule has 1 aromatic rings. The van der Waals surface area contributed by atoms with Crippen LogP contribution < -0.4 is 5.32 Å². The maximum absolute atomic E-state index is 11.7. The molecule has 1 amide bonds. The Morgan fingerprint density at radius 3 is 2.71 bits per heavy atom. The van der Waals surface area contributed by atoms with E-state index in [0.29, 0.717) is 11.3 Å². The number of hydrogen-bond donors (Lipinski definition) is 1. The number of carbonyl (C=O) groups is 1. The lowest BCUT2D eigenvalue weighted by Crippen LogP contribution is -2.18. The van der Waals surface area contributed by atoms with Crippen LogP contribution in [0.25, 0.3) is 0 Å². The fraction of sp³-hybridized carbons (Fsp3) is 0.429. The zero-order chi connectivity index (χ0) is 15.7. The van der Waals surface area contributed by atoms with E-state index in [-0.39, 0.29) is 36.9 Å². The molecular formula is C14H18N2O4S. The SMILES string of the molecule is COCCS(=O)(=O)CCCC(=O)Nc1ccccc1C#N. The van der Waals surface area contributed by atoms with Crippen molar-refractivity contribution in [2.24, 2.45) is 0 Å². The highest BCUT2D eigenvalue weighted by atomic mass is 32.2. The molecule has 0 spiro atoms. The molecule has 0 aliphatic carbocycles. The first-order valence-electron chi connectivity index (χ1n) is 6.47. The molecule has 7 heteroatoms. The van der Waals surface area contributed by atoms with Crippen molar-refractivity contribution < 1.29 is 17.9 Å². The van der Waals surface area contributed by atoms with E-state index in [0.717, 1.165) is 0 Å². The Hall–Kier alpha value is -1.91. The average Bonchev–Trinajstić information content (AvgIpc) is 2.45. The fourth-order valence-electron chi connectivity index (χ4n) is 1.67. The Morgan fingerprint density at radius 1 is 1.33 bits per heavy atom. The van der Waals surface area contributed by atoms with Crippen LogP contribution in [0, 0.1) is 11.3 Å². The van der Waals surface area contributed by atoms with E-state index in [2.05, 4.69) is 5.32 Å². The summed E-state index contributed by atoms with van der Waals surface area (Å²) in [4.78, 5) is 11.7. The van der Waals surface area contributed by atoms with Crippen LogP contribution in [0.4, 0.5) is 5.69 Å². The number of nitriles is 1. The summed E-state index contributed by atoms with van der Waals surface area (Å²) in [7, 11) is -1.74. The van der Waals surface area contributed by atoms with Gasteiger partial charge in [0.2, 0.25) is 5.91 Å². The first kappa shape index (κ1) is 17.1. The summed E-state index contributed by atoms with van der Waals surface area (Å²) < 4.78 is 27.9. The third-order valence-corrected chi connectivity index (χ3v) is 4.48. The van der Waals surface area contributed by atoms with Gasteiger partial charge in [-0.15, -0.1) is 0 Å². The molecule has 0 heterocycles. The second kappa shape index (κ2) is 8.39. The number of benzene rings is 1. The lowest BCUT2D eigenvalue weighted by molar-refractivity contribution is -0.116. The molecule has 114 valence electrons. The minimum atomic E-state index is -3.18. The standard InChI is InChI=1S/C14H18N2O4S/c1-20-8-10-21(18,19)9-4-7-14(17)16-13-6-3-2-5-12(13)11-15/h2-3,5-6H,4,7-10H2,1H3,(H,16,17). The molecule has 0 fully saturated rings. The number of anilines is 1. The van der Waals surface area contributed by atoms with Gasteiger partial charge in [0.1, 0.15) is 6.07 Å². The van der Waals surface area contributed by atoms with Gasteiger partial charge in [0.05, 0.1) is 29.4 Å². The van der Waals surface area contributed by atoms with Crippen molar-refractivity contribution >= 4 is 21.4 Å². The summed E-state index contributed by atoms with van der Waals surface area (Å²) in [5, 5.41) is 11.5. The Labute approximate surface area is 124 Å². The van der Waals surface area contributed by atoms with Crippen molar-refractivity contribution in [2.45, 2.75) is 12.8 Å². The summed E-state index contributed by atoms with van der Waals surface area (Å²) in [6, 6.07) is 8.63. The number of nitrogens with one attached hydrogen (secondary N) is 1. The number of amides is 1. The molecule has 1 aromatic carbocycles. The van der Waals surface area contributed by atoms with Gasteiger partial charge in [0, 0.05) is 13.5 Å². The Kier molecular flexibility index (Phi) is 6.85. The first-order chi connectivity index (χ1) is 9.98. The topological polar surface area (TPSA) is 96.3 Å². The second-order valence-corrected chi connectivity index (χ2v) is 6.76. The summed E-state index contributed by atoms with van der Waals surface area (Å²) in [6.45, 7) is 0.157. The van der Waals surface area contributed by atoms with Gasteiger partial charge in [-0.25, -0.2) is 8.42 Å². The third kappa shape index (κ3) is 6.38. The van der Waals surface area contributed by atoms with Crippen molar-refractivity contribution in [1.82, 2.24) is 0 Å². The maximum atomic E-state index is 11.7. The third-order valence-electron chi connectivity index (χ3n) is 2.78. The van der Waals surface area contributed by atoms with Crippen molar-refractivity contribution in [3.05, 3.63) is 29.8 Å². The molecule has 0 saturated carbocycles. The van der Waals surface area contributed by atoms with Crippen LogP contribution in [0.5, 0.6) is 0 Å². The van der Waals surface area contributed by atoms with Gasteiger partial charge in [-0.1, -0.05) is 12.1 Å². The Bertz CT molecular complexity index is 620. The van der Waals surface area contributed by atoms with Crippen LogP contribution in [0.3, 0.4) is 0 Å². The number of nitrogens with zero attached hydrogens (tertiary/aromatic N) is 1. The van der Waals surface area contributed by atoms with E-state index in [1.807, 2.05) is 6.07 Å². The van der Waals surface area contributed by atoms with E-state index in [4.69, 9.17) is 10.00 Å². The van der Waals surface area contributed by atoms with Crippen molar-refractivity contribution in [3.63, 3.8) is 0 Å². The van der Waals surface area contributed by atoms with Crippen molar-refractivity contribution in [3.8, 4) is 6.07 Å². The molecule has 0 saturated heterocycles. The number of sulfone groups is 1. The number of ether oxygens (including phenoxy) is 1. The quantitative estimate of drug-likeness (QED) is 0.781. The Balaban J connectivity index is 2.43. The van der Waals surface area contributed by atoms with Crippen LogP contribution in [0.1, 0.15) is 18.4 Å². The highest BCUT2D eigenvalue weighted by Crippen LogP contribution is 2.14. The normalized spacial score (nSPS) is 10.9. The van der Waals surface area contributed by atoms with Gasteiger partial charge >= 0.3 is 0 Å². The monoisotopic (exact) mass is 310 g/mol. The zero-order valence-corrected chi connectivity index (χ0v) is 12.6. The molecule has 0 bridgehead atoms. The van der Waals surface area contributed by atoms with Crippen molar-refractivity contribution in [2.75, 3.05) is 30.5 Å². The highest BCUT2D eigenvalue weighted by Gasteiger charge is 2.12. The number of rotatable bonds is 8. The minimum absolute atomic E-state index is 0.0393. The molecule has 1 rings (SSSR count). The van der Waals surface area contributed by atoms with Gasteiger partial charge in [0.25, 0.3) is 0 Å². The summed E-state index contributed by atoms with van der Waals surface area (Å²) >= 11 is 0. The summed E-state index contributed by atoms with van der Waals surface area (Å²) in [5.41, 5.74) is 0.811. The largest absolute Gasteiger partial charge is 0.384 e. The van der Waals surface area contributed by atoms with Gasteiger partial charge in [0.15, 0.2) is 9.84 Å². The number of methoxy groups -OCH3 is 1. The van der Waals surface area contributed by atoms with Gasteiger partial charge in [-0.05, 0) is 18.6 Å². The summed E-state index contributed by atoms with van der Waals surface area (Å²) in [5.74, 6) is -0.397. The lowest BCUT2D eigenvalue weighted by Gasteiger charge is -2.07. The smallest absolute Gasteiger partial charge is 0.224 e. The molecule has 0 aromatic heterocycles. The van der Waals surface area contributed by atoms with Gasteiger partial charge in [-0.2, -0.15) is 5.26 Å². The van der Waals surface area contributed by atoms with Crippen LogP contribution in [-0.4, -0.2) is 39.5 Å². The molecule has 0 aliphatic rings. The fourth-order valence-corrected chi connectivity index (χ4v) is 2.88.